The highest BCUT2D eigenvalue weighted by Gasteiger charge is 2.61. The summed E-state index contributed by atoms with van der Waals surface area (Å²) >= 11 is 1.91. The molecule has 34 heavy (non-hydrogen) atoms. The first kappa shape index (κ1) is 24.4. The Balaban J connectivity index is 1.32. The smallest absolute Gasteiger partial charge is 0.223 e. The summed E-state index contributed by atoms with van der Waals surface area (Å²) in [5.74, 6) is 3.42. The number of nitrogens with zero attached hydrogens (tertiary/aromatic N) is 1. The largest absolute Gasteiger partial charge is 0.497 e. The first-order valence-corrected chi connectivity index (χ1v) is 14.0. The minimum Gasteiger partial charge on any atom is -0.497 e. The van der Waals surface area contributed by atoms with E-state index < -0.39 is 6.10 Å². The molecule has 2 aliphatic heterocycles. The zero-order chi connectivity index (χ0) is 23.9. The third-order valence-corrected chi connectivity index (χ3v) is 10.3. The van der Waals surface area contributed by atoms with Gasteiger partial charge in [0.25, 0.3) is 0 Å². The number of methoxy groups -OCH3 is 1. The summed E-state index contributed by atoms with van der Waals surface area (Å²) in [5, 5.41) is 11.1. The minimum absolute atomic E-state index is 0.00887. The van der Waals surface area contributed by atoms with Gasteiger partial charge >= 0.3 is 0 Å². The molecule has 2 heterocycles. The lowest BCUT2D eigenvalue weighted by molar-refractivity contribution is -0.312. The van der Waals surface area contributed by atoms with Gasteiger partial charge < -0.3 is 24.2 Å². The van der Waals surface area contributed by atoms with Crippen molar-refractivity contribution in [2.24, 2.45) is 22.7 Å². The van der Waals surface area contributed by atoms with E-state index >= 15 is 0 Å². The van der Waals surface area contributed by atoms with Crippen molar-refractivity contribution in [1.29, 1.82) is 0 Å². The maximum atomic E-state index is 13.2. The van der Waals surface area contributed by atoms with Gasteiger partial charge in [0.2, 0.25) is 5.91 Å². The van der Waals surface area contributed by atoms with Crippen LogP contribution >= 0.6 is 11.8 Å². The van der Waals surface area contributed by atoms with E-state index in [1.54, 1.807) is 7.11 Å². The zero-order valence-corrected chi connectivity index (χ0v) is 21.5. The Morgan fingerprint density at radius 2 is 1.88 bits per heavy atom. The molecule has 5 rings (SSSR count). The maximum Gasteiger partial charge on any atom is 0.223 e. The molecule has 0 radical (unpaired) electrons. The Bertz CT molecular complexity index is 874. The molecule has 0 bridgehead atoms. The van der Waals surface area contributed by atoms with Gasteiger partial charge in [0.05, 0.1) is 25.9 Å². The normalized spacial score (nSPS) is 40.2. The molecule has 6 nitrogen and oxygen atoms in total. The molecule has 1 aromatic rings. The van der Waals surface area contributed by atoms with Crippen molar-refractivity contribution in [1.82, 2.24) is 4.90 Å². The molecule has 2 saturated heterocycles. The van der Waals surface area contributed by atoms with Gasteiger partial charge in [-0.1, -0.05) is 26.0 Å². The van der Waals surface area contributed by atoms with Crippen molar-refractivity contribution in [3.05, 3.63) is 29.8 Å². The molecule has 0 aromatic heterocycles. The summed E-state index contributed by atoms with van der Waals surface area (Å²) in [6, 6.07) is 7.91. The van der Waals surface area contributed by atoms with Gasteiger partial charge in [0.1, 0.15) is 5.75 Å². The Labute approximate surface area is 207 Å². The number of ether oxygens (including phenoxy) is 3. The van der Waals surface area contributed by atoms with E-state index in [9.17, 15) is 9.90 Å². The van der Waals surface area contributed by atoms with Gasteiger partial charge in [-0.15, -0.1) is 0 Å². The number of rotatable bonds is 4. The summed E-state index contributed by atoms with van der Waals surface area (Å²) in [4.78, 5) is 15.2. The number of carbonyl (C=O) groups excluding carboxylic acids is 1. The number of fused-ring (bicyclic) bond motifs is 3. The average molecular weight is 490 g/mol. The first-order valence-electron chi connectivity index (χ1n) is 12.8. The lowest BCUT2D eigenvalue weighted by atomic mass is 9.46. The molecule has 4 fully saturated rings. The van der Waals surface area contributed by atoms with E-state index in [0.717, 1.165) is 61.6 Å². The van der Waals surface area contributed by atoms with Crippen molar-refractivity contribution in [2.45, 2.75) is 64.4 Å². The number of aliphatic hydroxyl groups is 1. The molecule has 7 atom stereocenters. The molecule has 1 N–H and O–H groups in total. The average Bonchev–Trinajstić information content (AvgIpc) is 2.86. The fourth-order valence-electron chi connectivity index (χ4n) is 7.30. The Morgan fingerprint density at radius 1 is 1.15 bits per heavy atom. The van der Waals surface area contributed by atoms with E-state index in [1.165, 1.54) is 0 Å². The van der Waals surface area contributed by atoms with E-state index in [4.69, 9.17) is 14.2 Å². The molecule has 1 aromatic carbocycles. The number of hydrogen-bond donors (Lipinski definition) is 1. The van der Waals surface area contributed by atoms with Gasteiger partial charge in [-0.2, -0.15) is 11.8 Å². The molecular formula is C27H39NO5S. The molecule has 1 amide bonds. The molecular weight excluding hydrogens is 450 g/mol. The number of carbonyl (C=O) groups is 1. The van der Waals surface area contributed by atoms with Crippen LogP contribution in [0.25, 0.3) is 0 Å². The highest BCUT2D eigenvalue weighted by Crippen LogP contribution is 2.63. The molecule has 2 saturated carbocycles. The quantitative estimate of drug-likeness (QED) is 0.681. The summed E-state index contributed by atoms with van der Waals surface area (Å²) in [6.45, 7) is 6.93. The van der Waals surface area contributed by atoms with Crippen molar-refractivity contribution < 1.29 is 24.1 Å². The van der Waals surface area contributed by atoms with Crippen molar-refractivity contribution in [3.8, 4) is 5.75 Å². The molecule has 7 unspecified atom stereocenters. The lowest BCUT2D eigenvalue weighted by Gasteiger charge is -2.63. The lowest BCUT2D eigenvalue weighted by Crippen LogP contribution is -2.62. The van der Waals surface area contributed by atoms with Crippen LogP contribution in [0.3, 0.4) is 0 Å². The molecule has 0 spiro atoms. The van der Waals surface area contributed by atoms with E-state index in [1.807, 2.05) is 40.9 Å². The van der Waals surface area contributed by atoms with Crippen LogP contribution in [0.5, 0.6) is 5.75 Å². The zero-order valence-electron chi connectivity index (χ0n) is 20.7. The van der Waals surface area contributed by atoms with Crippen LogP contribution in [0.2, 0.25) is 0 Å². The topological polar surface area (TPSA) is 68.2 Å². The second-order valence-corrected chi connectivity index (χ2v) is 12.3. The molecule has 188 valence electrons. The summed E-state index contributed by atoms with van der Waals surface area (Å²) in [7, 11) is 1.67. The highest BCUT2D eigenvalue weighted by molar-refractivity contribution is 7.99. The minimum atomic E-state index is -0.415. The van der Waals surface area contributed by atoms with E-state index in [0.29, 0.717) is 18.9 Å². The van der Waals surface area contributed by atoms with Gasteiger partial charge in [0, 0.05) is 42.0 Å². The summed E-state index contributed by atoms with van der Waals surface area (Å²) in [6.07, 6.45) is 3.38. The van der Waals surface area contributed by atoms with Crippen LogP contribution in [0, 0.1) is 22.7 Å². The first-order chi connectivity index (χ1) is 16.3. The predicted octanol–water partition coefficient (Wildman–Crippen LogP) is 4.27. The van der Waals surface area contributed by atoms with Crippen LogP contribution in [-0.2, 0) is 14.3 Å². The number of thioether (sulfide) groups is 1. The number of amides is 1. The van der Waals surface area contributed by atoms with Gasteiger partial charge in [-0.05, 0) is 55.1 Å². The van der Waals surface area contributed by atoms with Crippen molar-refractivity contribution in [2.75, 3.05) is 38.3 Å². The second-order valence-electron chi connectivity index (χ2n) is 11.1. The van der Waals surface area contributed by atoms with Gasteiger partial charge in [-0.3, -0.25) is 4.79 Å². The molecule has 7 heteroatoms. The van der Waals surface area contributed by atoms with Crippen LogP contribution in [0.15, 0.2) is 24.3 Å². The van der Waals surface area contributed by atoms with Gasteiger partial charge in [0.15, 0.2) is 6.29 Å². The highest BCUT2D eigenvalue weighted by atomic mass is 32.2. The maximum absolute atomic E-state index is 13.2. The fourth-order valence-corrected chi connectivity index (χ4v) is 8.20. The van der Waals surface area contributed by atoms with E-state index in [-0.39, 0.29) is 35.0 Å². The Hall–Kier alpha value is -1.28. The second kappa shape index (κ2) is 9.64. The number of benzene rings is 1. The van der Waals surface area contributed by atoms with Crippen LogP contribution < -0.4 is 4.74 Å². The fraction of sp³-hybridized carbons (Fsp3) is 0.741. The Kier molecular flexibility index (Phi) is 6.92. The molecule has 2 aliphatic carbocycles. The molecule has 4 aliphatic rings. The number of aliphatic hydroxyl groups excluding tert-OH is 1. The van der Waals surface area contributed by atoms with Crippen LogP contribution in [-0.4, -0.2) is 66.4 Å². The monoisotopic (exact) mass is 489 g/mol. The van der Waals surface area contributed by atoms with Crippen molar-refractivity contribution in [3.63, 3.8) is 0 Å². The van der Waals surface area contributed by atoms with Crippen LogP contribution in [0.1, 0.15) is 57.8 Å². The van der Waals surface area contributed by atoms with Crippen LogP contribution in [0.4, 0.5) is 0 Å². The number of hydrogen-bond acceptors (Lipinski definition) is 6. The standard InChI is InChI=1S/C27H39NO5S/c1-26-11-10-23-27(2,17-32-25(33-23)18-4-6-19(31-3)7-5-18)22(26)9-8-21(29)20(26)16-24(30)28-12-14-34-15-13-28/h4-7,20-23,25,29H,8-17H2,1-3H3. The summed E-state index contributed by atoms with van der Waals surface area (Å²) in [5.41, 5.74) is 0.792. The Morgan fingerprint density at radius 3 is 2.59 bits per heavy atom. The predicted molar refractivity (Wildman–Crippen MR) is 133 cm³/mol. The van der Waals surface area contributed by atoms with Gasteiger partial charge in [-0.25, -0.2) is 0 Å². The summed E-state index contributed by atoms with van der Waals surface area (Å²) < 4.78 is 18.2. The van der Waals surface area contributed by atoms with E-state index in [2.05, 4.69) is 13.8 Å². The van der Waals surface area contributed by atoms with Crippen molar-refractivity contribution >= 4 is 17.7 Å². The SMILES string of the molecule is COc1ccc(C2OCC3(C)C(CCC4(C)C(CC(=O)N5CCSCC5)C(O)CCC34)O2)cc1. The third-order valence-electron chi connectivity index (χ3n) is 9.32. The third kappa shape index (κ3) is 4.27.